The Morgan fingerprint density at radius 1 is 1.19 bits per heavy atom. The number of hydrogen-bond donors (Lipinski definition) is 2. The molecular formula is C15H14Cl2N2O2. The van der Waals surface area contributed by atoms with Crippen molar-refractivity contribution in [2.24, 2.45) is 5.73 Å². The van der Waals surface area contributed by atoms with Gasteiger partial charge in [0.15, 0.2) is 0 Å². The molecule has 0 radical (unpaired) electrons. The highest BCUT2D eigenvalue weighted by Gasteiger charge is 2.08. The van der Waals surface area contributed by atoms with E-state index in [2.05, 4.69) is 5.32 Å². The van der Waals surface area contributed by atoms with Crippen LogP contribution < -0.4 is 15.8 Å². The third-order valence-corrected chi connectivity index (χ3v) is 3.57. The molecule has 4 nitrogen and oxygen atoms in total. The van der Waals surface area contributed by atoms with Gasteiger partial charge in [-0.05, 0) is 35.9 Å². The summed E-state index contributed by atoms with van der Waals surface area (Å²) in [5.41, 5.74) is 7.28. The molecule has 3 N–H and O–H groups in total. The van der Waals surface area contributed by atoms with Crippen molar-refractivity contribution in [3.63, 3.8) is 0 Å². The predicted molar refractivity (Wildman–Crippen MR) is 85.3 cm³/mol. The molecule has 0 unspecified atom stereocenters. The number of methoxy groups -OCH3 is 1. The number of nitrogens with one attached hydrogen (secondary N) is 1. The average Bonchev–Trinajstić information content (AvgIpc) is 2.46. The number of halogens is 2. The van der Waals surface area contributed by atoms with Crippen molar-refractivity contribution in [3.8, 4) is 5.75 Å². The summed E-state index contributed by atoms with van der Waals surface area (Å²) in [5.74, 6) is 0.0686. The van der Waals surface area contributed by atoms with Crippen LogP contribution in [0.1, 0.15) is 15.9 Å². The molecule has 0 fully saturated rings. The van der Waals surface area contributed by atoms with Crippen LogP contribution in [0.2, 0.25) is 10.0 Å². The third-order valence-electron chi connectivity index (χ3n) is 2.94. The zero-order chi connectivity index (χ0) is 15.4. The molecule has 0 aliphatic heterocycles. The Labute approximate surface area is 132 Å². The van der Waals surface area contributed by atoms with Crippen molar-refractivity contribution < 1.29 is 9.53 Å². The van der Waals surface area contributed by atoms with Crippen LogP contribution in [0.4, 0.5) is 5.69 Å². The number of carbonyl (C=O) groups is 1. The molecule has 0 aliphatic carbocycles. The first-order chi connectivity index (χ1) is 10.0. The van der Waals surface area contributed by atoms with Crippen molar-refractivity contribution in [2.75, 3.05) is 12.4 Å². The van der Waals surface area contributed by atoms with E-state index in [4.69, 9.17) is 33.7 Å². The fourth-order valence-corrected chi connectivity index (χ4v) is 2.34. The van der Waals surface area contributed by atoms with Gasteiger partial charge in [0, 0.05) is 12.2 Å². The first kappa shape index (κ1) is 15.5. The SMILES string of the molecule is COc1ccc(CNc2ccc(Cl)c(C(N)=O)c2)cc1Cl. The molecule has 0 aliphatic rings. The van der Waals surface area contributed by atoms with Gasteiger partial charge in [-0.3, -0.25) is 4.79 Å². The van der Waals surface area contributed by atoms with Crippen molar-refractivity contribution >= 4 is 34.8 Å². The molecule has 21 heavy (non-hydrogen) atoms. The van der Waals surface area contributed by atoms with Gasteiger partial charge in [-0.2, -0.15) is 0 Å². The third kappa shape index (κ3) is 3.80. The van der Waals surface area contributed by atoms with Gasteiger partial charge < -0.3 is 15.8 Å². The number of carbonyl (C=O) groups excluding carboxylic acids is 1. The van der Waals surface area contributed by atoms with E-state index in [9.17, 15) is 4.79 Å². The van der Waals surface area contributed by atoms with E-state index in [0.717, 1.165) is 11.3 Å². The normalized spacial score (nSPS) is 10.2. The molecule has 2 aromatic carbocycles. The summed E-state index contributed by atoms with van der Waals surface area (Å²) in [4.78, 5) is 11.2. The maximum atomic E-state index is 11.2. The Hall–Kier alpha value is -1.91. The lowest BCUT2D eigenvalue weighted by Gasteiger charge is -2.10. The summed E-state index contributed by atoms with van der Waals surface area (Å²) < 4.78 is 5.10. The highest BCUT2D eigenvalue weighted by molar-refractivity contribution is 6.34. The second kappa shape index (κ2) is 6.70. The van der Waals surface area contributed by atoms with Crippen molar-refractivity contribution in [1.29, 1.82) is 0 Å². The number of primary amides is 1. The van der Waals surface area contributed by atoms with Crippen LogP contribution in [0.5, 0.6) is 5.75 Å². The van der Waals surface area contributed by atoms with Gasteiger partial charge in [-0.25, -0.2) is 0 Å². The zero-order valence-corrected chi connectivity index (χ0v) is 12.8. The Kier molecular flexibility index (Phi) is 4.94. The fourth-order valence-electron chi connectivity index (χ4n) is 1.85. The van der Waals surface area contributed by atoms with E-state index in [1.807, 2.05) is 12.1 Å². The number of amides is 1. The smallest absolute Gasteiger partial charge is 0.250 e. The van der Waals surface area contributed by atoms with Gasteiger partial charge in [0.25, 0.3) is 0 Å². The van der Waals surface area contributed by atoms with Crippen LogP contribution in [-0.2, 0) is 6.54 Å². The minimum Gasteiger partial charge on any atom is -0.495 e. The maximum absolute atomic E-state index is 11.2. The monoisotopic (exact) mass is 324 g/mol. The summed E-state index contributed by atoms with van der Waals surface area (Å²) in [6.07, 6.45) is 0. The van der Waals surface area contributed by atoms with E-state index >= 15 is 0 Å². The predicted octanol–water partition coefficient (Wildman–Crippen LogP) is 3.71. The summed E-state index contributed by atoms with van der Waals surface area (Å²) in [6, 6.07) is 10.6. The number of nitrogens with two attached hydrogens (primary N) is 1. The number of ether oxygens (including phenoxy) is 1. The highest BCUT2D eigenvalue weighted by atomic mass is 35.5. The van der Waals surface area contributed by atoms with Crippen molar-refractivity contribution in [1.82, 2.24) is 0 Å². The van der Waals surface area contributed by atoms with Gasteiger partial charge in [0.1, 0.15) is 5.75 Å². The largest absolute Gasteiger partial charge is 0.495 e. The molecule has 6 heteroatoms. The van der Waals surface area contributed by atoms with Crippen molar-refractivity contribution in [3.05, 3.63) is 57.6 Å². The number of anilines is 1. The first-order valence-corrected chi connectivity index (χ1v) is 6.92. The number of rotatable bonds is 5. The van der Waals surface area contributed by atoms with Gasteiger partial charge in [0.2, 0.25) is 5.91 Å². The Balaban J connectivity index is 2.11. The van der Waals surface area contributed by atoms with Crippen LogP contribution >= 0.6 is 23.2 Å². The summed E-state index contributed by atoms with van der Waals surface area (Å²) in [7, 11) is 1.57. The van der Waals surface area contributed by atoms with Crippen LogP contribution in [0, 0.1) is 0 Å². The lowest BCUT2D eigenvalue weighted by molar-refractivity contribution is 0.100. The van der Waals surface area contributed by atoms with E-state index in [1.165, 1.54) is 0 Å². The molecule has 2 aromatic rings. The zero-order valence-electron chi connectivity index (χ0n) is 11.3. The molecule has 0 saturated carbocycles. The summed E-state index contributed by atoms with van der Waals surface area (Å²) in [6.45, 7) is 0.545. The minimum atomic E-state index is -0.559. The molecule has 2 rings (SSSR count). The second-order valence-corrected chi connectivity index (χ2v) is 5.20. The van der Waals surface area contributed by atoms with E-state index in [1.54, 1.807) is 31.4 Å². The number of benzene rings is 2. The molecule has 0 bridgehead atoms. The molecule has 0 aromatic heterocycles. The van der Waals surface area contributed by atoms with Gasteiger partial charge in [0.05, 0.1) is 22.7 Å². The van der Waals surface area contributed by atoms with Crippen LogP contribution in [0.15, 0.2) is 36.4 Å². The van der Waals surface area contributed by atoms with Crippen LogP contribution in [0.3, 0.4) is 0 Å². The molecule has 0 heterocycles. The molecule has 0 saturated heterocycles. The van der Waals surface area contributed by atoms with Crippen LogP contribution in [0.25, 0.3) is 0 Å². The van der Waals surface area contributed by atoms with E-state index < -0.39 is 5.91 Å². The van der Waals surface area contributed by atoms with E-state index in [-0.39, 0.29) is 5.56 Å². The molecule has 0 spiro atoms. The minimum absolute atomic E-state index is 0.287. The van der Waals surface area contributed by atoms with Crippen molar-refractivity contribution in [2.45, 2.75) is 6.54 Å². The first-order valence-electron chi connectivity index (χ1n) is 6.17. The lowest BCUT2D eigenvalue weighted by Crippen LogP contribution is -2.12. The molecule has 0 atom stereocenters. The number of hydrogen-bond acceptors (Lipinski definition) is 3. The molecule has 110 valence electrons. The molecular weight excluding hydrogens is 311 g/mol. The van der Waals surface area contributed by atoms with Gasteiger partial charge >= 0.3 is 0 Å². The topological polar surface area (TPSA) is 64.3 Å². The Morgan fingerprint density at radius 2 is 1.95 bits per heavy atom. The maximum Gasteiger partial charge on any atom is 0.250 e. The van der Waals surface area contributed by atoms with Gasteiger partial charge in [-0.1, -0.05) is 29.3 Å². The highest BCUT2D eigenvalue weighted by Crippen LogP contribution is 2.26. The fraction of sp³-hybridized carbons (Fsp3) is 0.133. The standard InChI is InChI=1S/C15H14Cl2N2O2/c1-21-14-5-2-9(6-13(14)17)8-19-10-3-4-12(16)11(7-10)15(18)20/h2-7,19H,8H2,1H3,(H2,18,20). The Bertz CT molecular complexity index is 675. The van der Waals surface area contributed by atoms with Gasteiger partial charge in [-0.15, -0.1) is 0 Å². The average molecular weight is 325 g/mol. The second-order valence-electron chi connectivity index (χ2n) is 4.38. The summed E-state index contributed by atoms with van der Waals surface area (Å²) in [5, 5.41) is 4.06. The quantitative estimate of drug-likeness (QED) is 0.881. The van der Waals surface area contributed by atoms with Crippen LogP contribution in [-0.4, -0.2) is 13.0 Å². The lowest BCUT2D eigenvalue weighted by atomic mass is 10.1. The summed E-state index contributed by atoms with van der Waals surface area (Å²) >= 11 is 12.0. The Morgan fingerprint density at radius 3 is 2.57 bits per heavy atom. The molecule has 1 amide bonds. The van der Waals surface area contributed by atoms with E-state index in [0.29, 0.717) is 22.3 Å².